The number of nitrogens with one attached hydrogen (secondary N) is 1. The molecule has 136 valence electrons. The van der Waals surface area contributed by atoms with Crippen molar-refractivity contribution < 1.29 is 18.3 Å². The van der Waals surface area contributed by atoms with Gasteiger partial charge in [-0.15, -0.1) is 0 Å². The molecular weight excluding hydrogens is 338 g/mol. The van der Waals surface area contributed by atoms with Crippen molar-refractivity contribution in [1.29, 1.82) is 0 Å². The molecule has 0 radical (unpaired) electrons. The summed E-state index contributed by atoms with van der Waals surface area (Å²) in [5.41, 5.74) is 3.06. The third kappa shape index (κ3) is 5.64. The van der Waals surface area contributed by atoms with Crippen molar-refractivity contribution in [2.24, 2.45) is 0 Å². The molecule has 25 heavy (non-hydrogen) atoms. The zero-order valence-electron chi connectivity index (χ0n) is 14.6. The number of hydrogen-bond donors (Lipinski definition) is 2. The topological polar surface area (TPSA) is 75.6 Å². The van der Waals surface area contributed by atoms with Crippen molar-refractivity contribution in [2.75, 3.05) is 19.8 Å². The third-order valence-electron chi connectivity index (χ3n) is 3.96. The van der Waals surface area contributed by atoms with Gasteiger partial charge in [-0.1, -0.05) is 48.9 Å². The van der Waals surface area contributed by atoms with Gasteiger partial charge in [0, 0.05) is 6.54 Å². The van der Waals surface area contributed by atoms with Crippen LogP contribution < -0.4 is 4.72 Å². The van der Waals surface area contributed by atoms with Gasteiger partial charge in [0.2, 0.25) is 10.0 Å². The molecule has 2 rings (SSSR count). The number of aliphatic hydroxyl groups is 1. The Kier molecular flexibility index (Phi) is 7.13. The van der Waals surface area contributed by atoms with E-state index in [9.17, 15) is 8.42 Å². The maximum atomic E-state index is 12.5. The lowest BCUT2D eigenvalue weighted by Crippen LogP contribution is -2.30. The Bertz CT molecular complexity index is 755. The summed E-state index contributed by atoms with van der Waals surface area (Å²) in [6.07, 6.45) is 0.399. The van der Waals surface area contributed by atoms with Gasteiger partial charge in [-0.05, 0) is 36.6 Å². The van der Waals surface area contributed by atoms with Crippen LogP contribution in [0.1, 0.15) is 29.7 Å². The van der Waals surface area contributed by atoms with Gasteiger partial charge >= 0.3 is 0 Å². The smallest absolute Gasteiger partial charge is 0.240 e. The third-order valence-corrected chi connectivity index (χ3v) is 5.40. The summed E-state index contributed by atoms with van der Waals surface area (Å²) >= 11 is 0. The molecule has 0 bridgehead atoms. The summed E-state index contributed by atoms with van der Waals surface area (Å²) in [5, 5.41) is 9.00. The van der Waals surface area contributed by atoms with Crippen LogP contribution in [-0.2, 0) is 21.2 Å². The maximum absolute atomic E-state index is 12.5. The molecule has 0 aliphatic rings. The van der Waals surface area contributed by atoms with E-state index in [4.69, 9.17) is 9.84 Å². The van der Waals surface area contributed by atoms with Crippen LogP contribution in [0.4, 0.5) is 0 Å². The molecule has 0 saturated carbocycles. The molecule has 0 aliphatic carbocycles. The van der Waals surface area contributed by atoms with Crippen molar-refractivity contribution in [3.63, 3.8) is 0 Å². The predicted octanol–water partition coefficient (Wildman–Crippen LogP) is 2.59. The van der Waals surface area contributed by atoms with E-state index in [1.165, 1.54) is 0 Å². The lowest BCUT2D eigenvalue weighted by atomic mass is 10.1. The summed E-state index contributed by atoms with van der Waals surface area (Å²) in [6, 6.07) is 14.5. The average Bonchev–Trinajstić information content (AvgIpc) is 2.63. The average molecular weight is 363 g/mol. The van der Waals surface area contributed by atoms with Crippen LogP contribution in [0.25, 0.3) is 0 Å². The zero-order chi connectivity index (χ0) is 18.3. The largest absolute Gasteiger partial charge is 0.394 e. The molecule has 6 heteroatoms. The summed E-state index contributed by atoms with van der Waals surface area (Å²) in [6.45, 7) is 4.13. The zero-order valence-corrected chi connectivity index (χ0v) is 15.4. The van der Waals surface area contributed by atoms with E-state index in [0.29, 0.717) is 0 Å². The fourth-order valence-electron chi connectivity index (χ4n) is 2.42. The molecule has 0 heterocycles. The molecule has 0 aliphatic heterocycles. The quantitative estimate of drug-likeness (QED) is 0.718. The minimum Gasteiger partial charge on any atom is -0.394 e. The van der Waals surface area contributed by atoms with E-state index >= 15 is 0 Å². The van der Waals surface area contributed by atoms with Gasteiger partial charge in [0.1, 0.15) is 0 Å². The molecule has 0 aromatic heterocycles. The second-order valence-electron chi connectivity index (χ2n) is 5.84. The lowest BCUT2D eigenvalue weighted by molar-refractivity contribution is 0.0309. The van der Waals surface area contributed by atoms with Crippen LogP contribution in [-0.4, -0.2) is 33.3 Å². The van der Waals surface area contributed by atoms with E-state index in [-0.39, 0.29) is 24.7 Å². The van der Waals surface area contributed by atoms with E-state index in [1.54, 1.807) is 12.1 Å². The first kappa shape index (κ1) is 19.6. The monoisotopic (exact) mass is 363 g/mol. The Labute approximate surface area is 149 Å². The first-order valence-corrected chi connectivity index (χ1v) is 9.82. The molecule has 2 N–H and O–H groups in total. The number of aliphatic hydroxyl groups excluding tert-OH is 1. The summed E-state index contributed by atoms with van der Waals surface area (Å²) in [7, 11) is -3.61. The molecule has 2 aromatic rings. The molecule has 1 atom stereocenters. The van der Waals surface area contributed by atoms with Gasteiger partial charge in [0.15, 0.2) is 0 Å². The SMILES string of the molecule is CCc1ccc(S(=O)(=O)NCC(OCCO)c2ccc(C)cc2)cc1. The fourth-order valence-corrected chi connectivity index (χ4v) is 3.45. The highest BCUT2D eigenvalue weighted by atomic mass is 32.2. The van der Waals surface area contributed by atoms with Crippen LogP contribution in [0.5, 0.6) is 0 Å². The Morgan fingerprint density at radius 3 is 2.28 bits per heavy atom. The first-order chi connectivity index (χ1) is 12.0. The van der Waals surface area contributed by atoms with E-state index in [1.807, 2.05) is 50.2 Å². The second kappa shape index (κ2) is 9.10. The Morgan fingerprint density at radius 2 is 1.72 bits per heavy atom. The number of rotatable bonds is 9. The predicted molar refractivity (Wildman–Crippen MR) is 98.0 cm³/mol. The number of sulfonamides is 1. The standard InChI is InChI=1S/C19H25NO4S/c1-3-16-6-10-18(11-7-16)25(22,23)20-14-19(24-13-12-21)17-8-4-15(2)5-9-17/h4-11,19-21H,3,12-14H2,1-2H3. The fraction of sp³-hybridized carbons (Fsp3) is 0.368. The number of hydrogen-bond acceptors (Lipinski definition) is 4. The van der Waals surface area contributed by atoms with Crippen LogP contribution in [0.2, 0.25) is 0 Å². The number of benzene rings is 2. The highest BCUT2D eigenvalue weighted by Gasteiger charge is 2.18. The highest BCUT2D eigenvalue weighted by Crippen LogP contribution is 2.19. The summed E-state index contributed by atoms with van der Waals surface area (Å²) in [5.74, 6) is 0. The van der Waals surface area contributed by atoms with Gasteiger partial charge in [-0.25, -0.2) is 13.1 Å². The van der Waals surface area contributed by atoms with Gasteiger partial charge in [0.05, 0.1) is 24.2 Å². The molecule has 0 saturated heterocycles. The van der Waals surface area contributed by atoms with Crippen molar-refractivity contribution in [3.05, 3.63) is 65.2 Å². The molecule has 0 spiro atoms. The number of ether oxygens (including phenoxy) is 1. The molecule has 1 unspecified atom stereocenters. The van der Waals surface area contributed by atoms with Crippen LogP contribution in [0, 0.1) is 6.92 Å². The van der Waals surface area contributed by atoms with E-state index < -0.39 is 16.1 Å². The summed E-state index contributed by atoms with van der Waals surface area (Å²) in [4.78, 5) is 0.231. The summed E-state index contributed by atoms with van der Waals surface area (Å²) < 4.78 is 33.2. The number of aryl methyl sites for hydroxylation is 2. The molecule has 0 amide bonds. The normalized spacial score (nSPS) is 12.9. The van der Waals surface area contributed by atoms with Crippen LogP contribution in [0.3, 0.4) is 0 Å². The Hall–Kier alpha value is -1.73. The Morgan fingerprint density at radius 1 is 1.08 bits per heavy atom. The van der Waals surface area contributed by atoms with E-state index in [2.05, 4.69) is 4.72 Å². The molecular formula is C19H25NO4S. The van der Waals surface area contributed by atoms with Crippen molar-refractivity contribution >= 4 is 10.0 Å². The minimum absolute atomic E-state index is 0.0981. The van der Waals surface area contributed by atoms with Crippen molar-refractivity contribution in [3.8, 4) is 0 Å². The maximum Gasteiger partial charge on any atom is 0.240 e. The highest BCUT2D eigenvalue weighted by molar-refractivity contribution is 7.89. The lowest BCUT2D eigenvalue weighted by Gasteiger charge is -2.19. The van der Waals surface area contributed by atoms with Crippen molar-refractivity contribution in [2.45, 2.75) is 31.3 Å². The van der Waals surface area contributed by atoms with Gasteiger partial charge in [-0.3, -0.25) is 0 Å². The second-order valence-corrected chi connectivity index (χ2v) is 7.61. The van der Waals surface area contributed by atoms with Gasteiger partial charge in [-0.2, -0.15) is 0 Å². The first-order valence-electron chi connectivity index (χ1n) is 8.34. The molecule has 2 aromatic carbocycles. The van der Waals surface area contributed by atoms with E-state index in [0.717, 1.165) is 23.1 Å². The molecule has 0 fully saturated rings. The minimum atomic E-state index is -3.61. The molecule has 5 nitrogen and oxygen atoms in total. The van der Waals surface area contributed by atoms with Gasteiger partial charge in [0.25, 0.3) is 0 Å². The Balaban J connectivity index is 2.10. The van der Waals surface area contributed by atoms with Gasteiger partial charge < -0.3 is 9.84 Å². The van der Waals surface area contributed by atoms with Crippen LogP contribution >= 0.6 is 0 Å². The van der Waals surface area contributed by atoms with Crippen molar-refractivity contribution in [1.82, 2.24) is 4.72 Å². The van der Waals surface area contributed by atoms with Crippen LogP contribution in [0.15, 0.2) is 53.4 Å².